The SMILES string of the molecule is Clc1ccccc1CNc1c(Cl)cc(Br)cc1Cl. The number of benzene rings is 2. The van der Waals surface area contributed by atoms with Crippen LogP contribution in [0, 0.1) is 0 Å². The maximum absolute atomic E-state index is 6.13. The van der Waals surface area contributed by atoms with Crippen molar-refractivity contribution < 1.29 is 0 Å². The van der Waals surface area contributed by atoms with Gasteiger partial charge in [-0.2, -0.15) is 0 Å². The van der Waals surface area contributed by atoms with E-state index in [1.807, 2.05) is 24.3 Å². The molecule has 18 heavy (non-hydrogen) atoms. The van der Waals surface area contributed by atoms with Crippen molar-refractivity contribution in [2.45, 2.75) is 6.54 Å². The third kappa shape index (κ3) is 3.33. The molecule has 2 rings (SSSR count). The normalized spacial score (nSPS) is 10.4. The maximum Gasteiger partial charge on any atom is 0.0722 e. The fraction of sp³-hybridized carbons (Fsp3) is 0.0769. The predicted octanol–water partition coefficient (Wildman–Crippen LogP) is 6.02. The fourth-order valence-corrected chi connectivity index (χ4v) is 3.08. The molecule has 1 nitrogen and oxygen atoms in total. The molecule has 0 unspecified atom stereocenters. The Balaban J connectivity index is 2.19. The van der Waals surface area contributed by atoms with E-state index in [9.17, 15) is 0 Å². The molecule has 2 aromatic rings. The summed E-state index contributed by atoms with van der Waals surface area (Å²) >= 11 is 21.7. The lowest BCUT2D eigenvalue weighted by Gasteiger charge is -2.11. The van der Waals surface area contributed by atoms with Crippen LogP contribution < -0.4 is 5.32 Å². The van der Waals surface area contributed by atoms with Crippen LogP contribution in [0.2, 0.25) is 15.1 Å². The van der Waals surface area contributed by atoms with E-state index in [-0.39, 0.29) is 0 Å². The summed E-state index contributed by atoms with van der Waals surface area (Å²) in [6.45, 7) is 0.570. The molecule has 0 spiro atoms. The summed E-state index contributed by atoms with van der Waals surface area (Å²) in [6, 6.07) is 11.2. The van der Waals surface area contributed by atoms with E-state index in [2.05, 4.69) is 21.2 Å². The Morgan fingerprint density at radius 2 is 1.56 bits per heavy atom. The standard InChI is InChI=1S/C13H9BrCl3N/c14-9-5-11(16)13(12(17)6-9)18-7-8-3-1-2-4-10(8)15/h1-6,18H,7H2. The molecule has 5 heteroatoms. The van der Waals surface area contributed by atoms with Crippen LogP contribution in [0.4, 0.5) is 5.69 Å². The number of hydrogen-bond donors (Lipinski definition) is 1. The third-order valence-electron chi connectivity index (χ3n) is 2.42. The Kier molecular flexibility index (Phi) is 4.79. The fourth-order valence-electron chi connectivity index (χ4n) is 1.54. The second-order valence-electron chi connectivity index (χ2n) is 3.69. The monoisotopic (exact) mass is 363 g/mol. The van der Waals surface area contributed by atoms with Gasteiger partial charge >= 0.3 is 0 Å². The minimum Gasteiger partial charge on any atom is -0.378 e. The highest BCUT2D eigenvalue weighted by molar-refractivity contribution is 9.10. The van der Waals surface area contributed by atoms with E-state index >= 15 is 0 Å². The zero-order valence-corrected chi connectivity index (χ0v) is 13.0. The lowest BCUT2D eigenvalue weighted by molar-refractivity contribution is 1.15. The molecular weight excluding hydrogens is 356 g/mol. The van der Waals surface area contributed by atoms with Crippen molar-refractivity contribution in [2.24, 2.45) is 0 Å². The van der Waals surface area contributed by atoms with Gasteiger partial charge in [0.15, 0.2) is 0 Å². The molecule has 0 heterocycles. The van der Waals surface area contributed by atoms with Gasteiger partial charge in [0.1, 0.15) is 0 Å². The summed E-state index contributed by atoms with van der Waals surface area (Å²) in [6.07, 6.45) is 0. The first kappa shape index (κ1) is 14.0. The molecule has 0 aliphatic rings. The number of anilines is 1. The van der Waals surface area contributed by atoms with Crippen molar-refractivity contribution in [1.29, 1.82) is 0 Å². The highest BCUT2D eigenvalue weighted by Gasteiger charge is 2.08. The van der Waals surface area contributed by atoms with E-state index in [0.717, 1.165) is 10.0 Å². The summed E-state index contributed by atoms with van der Waals surface area (Å²) in [5, 5.41) is 5.05. The van der Waals surface area contributed by atoms with Crippen molar-refractivity contribution >= 4 is 56.4 Å². The second-order valence-corrected chi connectivity index (χ2v) is 5.83. The van der Waals surface area contributed by atoms with Gasteiger partial charge < -0.3 is 5.32 Å². The third-order valence-corrected chi connectivity index (χ3v) is 3.84. The molecule has 94 valence electrons. The molecule has 0 fully saturated rings. The molecule has 0 aromatic heterocycles. The Morgan fingerprint density at radius 3 is 2.17 bits per heavy atom. The average Bonchev–Trinajstić information content (AvgIpc) is 2.30. The molecule has 0 aliphatic heterocycles. The molecule has 0 atom stereocenters. The van der Waals surface area contributed by atoms with Crippen molar-refractivity contribution in [3.05, 3.63) is 61.5 Å². The number of halogens is 4. The van der Waals surface area contributed by atoms with Crippen molar-refractivity contribution in [2.75, 3.05) is 5.32 Å². The van der Waals surface area contributed by atoms with Gasteiger partial charge in [0, 0.05) is 16.0 Å². The molecule has 0 saturated heterocycles. The van der Waals surface area contributed by atoms with Crippen LogP contribution in [0.1, 0.15) is 5.56 Å². The van der Waals surface area contributed by atoms with Crippen LogP contribution in [-0.2, 0) is 6.54 Å². The summed E-state index contributed by atoms with van der Waals surface area (Å²) in [5.74, 6) is 0. The van der Waals surface area contributed by atoms with Gasteiger partial charge in [0.25, 0.3) is 0 Å². The van der Waals surface area contributed by atoms with E-state index in [0.29, 0.717) is 27.3 Å². The van der Waals surface area contributed by atoms with Crippen LogP contribution in [0.25, 0.3) is 0 Å². The molecule has 1 N–H and O–H groups in total. The summed E-state index contributed by atoms with van der Waals surface area (Å²) in [7, 11) is 0. The van der Waals surface area contributed by atoms with Gasteiger partial charge in [0.05, 0.1) is 15.7 Å². The second kappa shape index (κ2) is 6.16. The van der Waals surface area contributed by atoms with Gasteiger partial charge in [-0.05, 0) is 23.8 Å². The minimum absolute atomic E-state index is 0.570. The number of rotatable bonds is 3. The molecule has 0 amide bonds. The lowest BCUT2D eigenvalue weighted by atomic mass is 10.2. The molecule has 0 aliphatic carbocycles. The smallest absolute Gasteiger partial charge is 0.0722 e. The average molecular weight is 365 g/mol. The van der Waals surface area contributed by atoms with Gasteiger partial charge in [-0.25, -0.2) is 0 Å². The zero-order valence-electron chi connectivity index (χ0n) is 9.18. The van der Waals surface area contributed by atoms with E-state index < -0.39 is 0 Å². The summed E-state index contributed by atoms with van der Waals surface area (Å²) in [5.41, 5.74) is 1.70. The van der Waals surface area contributed by atoms with Crippen LogP contribution in [0.5, 0.6) is 0 Å². The molecule has 2 aromatic carbocycles. The molecule has 0 bridgehead atoms. The quantitative estimate of drug-likeness (QED) is 0.701. The Bertz CT molecular complexity index is 549. The summed E-state index contributed by atoms with van der Waals surface area (Å²) in [4.78, 5) is 0. The molecule has 0 saturated carbocycles. The molecule has 0 radical (unpaired) electrons. The van der Waals surface area contributed by atoms with E-state index in [1.165, 1.54) is 0 Å². The summed E-state index contributed by atoms with van der Waals surface area (Å²) < 4.78 is 0.848. The van der Waals surface area contributed by atoms with Crippen molar-refractivity contribution in [3.63, 3.8) is 0 Å². The van der Waals surface area contributed by atoms with Gasteiger partial charge in [-0.3, -0.25) is 0 Å². The Morgan fingerprint density at radius 1 is 0.944 bits per heavy atom. The molecular formula is C13H9BrCl3N. The first-order valence-electron chi connectivity index (χ1n) is 5.20. The van der Waals surface area contributed by atoms with Crippen molar-refractivity contribution in [3.8, 4) is 0 Å². The highest BCUT2D eigenvalue weighted by atomic mass is 79.9. The first-order chi connectivity index (χ1) is 8.58. The van der Waals surface area contributed by atoms with Crippen LogP contribution in [-0.4, -0.2) is 0 Å². The van der Waals surface area contributed by atoms with E-state index in [1.54, 1.807) is 12.1 Å². The van der Waals surface area contributed by atoms with E-state index in [4.69, 9.17) is 34.8 Å². The maximum atomic E-state index is 6.13. The van der Waals surface area contributed by atoms with Gasteiger partial charge in [-0.1, -0.05) is 68.9 Å². The lowest BCUT2D eigenvalue weighted by Crippen LogP contribution is -2.01. The largest absolute Gasteiger partial charge is 0.378 e. The van der Waals surface area contributed by atoms with Crippen molar-refractivity contribution in [1.82, 2.24) is 0 Å². The first-order valence-corrected chi connectivity index (χ1v) is 7.12. The Labute approximate surface area is 129 Å². The highest BCUT2D eigenvalue weighted by Crippen LogP contribution is 2.34. The number of hydrogen-bond acceptors (Lipinski definition) is 1. The topological polar surface area (TPSA) is 12.0 Å². The van der Waals surface area contributed by atoms with Crippen LogP contribution >= 0.6 is 50.7 Å². The minimum atomic E-state index is 0.570. The van der Waals surface area contributed by atoms with Gasteiger partial charge in [-0.15, -0.1) is 0 Å². The number of nitrogens with one attached hydrogen (secondary N) is 1. The Hall–Kier alpha value is -0.410. The zero-order chi connectivity index (χ0) is 13.1. The van der Waals surface area contributed by atoms with Gasteiger partial charge in [0.2, 0.25) is 0 Å². The predicted molar refractivity (Wildman–Crippen MR) is 82.9 cm³/mol. The van der Waals surface area contributed by atoms with Crippen LogP contribution in [0.15, 0.2) is 40.9 Å². The van der Waals surface area contributed by atoms with Crippen LogP contribution in [0.3, 0.4) is 0 Å².